The summed E-state index contributed by atoms with van der Waals surface area (Å²) in [7, 11) is 0. The van der Waals surface area contributed by atoms with Crippen molar-refractivity contribution < 1.29 is 0 Å². The average Bonchev–Trinajstić information content (AvgIpc) is 2.13. The molecule has 1 heterocycles. The number of unbranched alkanes of at least 4 members (excludes halogenated alkanes) is 2. The summed E-state index contributed by atoms with van der Waals surface area (Å²) in [6.45, 7) is 5.44. The number of nitrogens with zero attached hydrogens (tertiary/aromatic N) is 1. The lowest BCUT2D eigenvalue weighted by Crippen LogP contribution is -2.35. The molecular weight excluding hydrogens is 180 g/mol. The molecule has 1 atom stereocenters. The van der Waals surface area contributed by atoms with Crippen LogP contribution in [0.3, 0.4) is 0 Å². The van der Waals surface area contributed by atoms with Crippen molar-refractivity contribution in [3.05, 3.63) is 0 Å². The zero-order valence-electron chi connectivity index (χ0n) is 8.68. The number of nitrogens with one attached hydrogen (secondary N) is 1. The molecule has 0 saturated carbocycles. The Labute approximate surface area is 85.6 Å². The van der Waals surface area contributed by atoms with E-state index in [0.29, 0.717) is 6.04 Å². The fraction of sp³-hybridized carbons (Fsp3) is 0.900. The Kier molecular flexibility index (Phi) is 5.28. The number of aliphatic imine (C=N–C) groups is 1. The maximum atomic E-state index is 4.54. The maximum Gasteiger partial charge on any atom is 0.156 e. The molecule has 1 aliphatic rings. The zero-order valence-corrected chi connectivity index (χ0v) is 9.49. The van der Waals surface area contributed by atoms with Crippen LogP contribution in [0.4, 0.5) is 0 Å². The Balaban J connectivity index is 2.17. The van der Waals surface area contributed by atoms with Gasteiger partial charge in [-0.1, -0.05) is 31.5 Å². The lowest BCUT2D eigenvalue weighted by atomic mass is 10.2. The van der Waals surface area contributed by atoms with Crippen LogP contribution in [-0.2, 0) is 0 Å². The van der Waals surface area contributed by atoms with E-state index in [1.807, 2.05) is 11.8 Å². The van der Waals surface area contributed by atoms with Crippen LogP contribution in [0, 0.1) is 0 Å². The van der Waals surface area contributed by atoms with Crippen molar-refractivity contribution in [1.29, 1.82) is 0 Å². The minimum Gasteiger partial charge on any atom is -0.362 e. The maximum absolute atomic E-state index is 4.54. The third-order valence-electron chi connectivity index (χ3n) is 2.18. The first-order chi connectivity index (χ1) is 6.33. The number of hydrogen-bond donors (Lipinski definition) is 1. The van der Waals surface area contributed by atoms with E-state index in [1.165, 1.54) is 31.4 Å². The first-order valence-electron chi connectivity index (χ1n) is 5.26. The van der Waals surface area contributed by atoms with E-state index in [2.05, 4.69) is 24.2 Å². The van der Waals surface area contributed by atoms with Gasteiger partial charge in [0, 0.05) is 18.3 Å². The van der Waals surface area contributed by atoms with Crippen LogP contribution >= 0.6 is 11.8 Å². The Morgan fingerprint density at radius 2 is 2.38 bits per heavy atom. The fourth-order valence-electron chi connectivity index (χ4n) is 1.29. The Morgan fingerprint density at radius 3 is 3.08 bits per heavy atom. The van der Waals surface area contributed by atoms with Crippen molar-refractivity contribution in [2.24, 2.45) is 4.99 Å². The van der Waals surface area contributed by atoms with Crippen LogP contribution in [0.2, 0.25) is 0 Å². The molecule has 0 aromatic rings. The second-order valence-corrected chi connectivity index (χ2v) is 4.66. The number of thioether (sulfide) groups is 1. The Bertz CT molecular complexity index is 168. The highest BCUT2D eigenvalue weighted by Gasteiger charge is 2.11. The van der Waals surface area contributed by atoms with Gasteiger partial charge in [0.1, 0.15) is 0 Å². The van der Waals surface area contributed by atoms with Gasteiger partial charge in [-0.05, 0) is 19.8 Å². The molecule has 76 valence electrons. The minimum absolute atomic E-state index is 0.617. The summed E-state index contributed by atoms with van der Waals surface area (Å²) < 4.78 is 0. The molecule has 3 heteroatoms. The smallest absolute Gasteiger partial charge is 0.156 e. The van der Waals surface area contributed by atoms with E-state index in [-0.39, 0.29) is 0 Å². The predicted octanol–water partition coefficient (Wildman–Crippen LogP) is 2.65. The van der Waals surface area contributed by atoms with Gasteiger partial charge in [0.25, 0.3) is 0 Å². The van der Waals surface area contributed by atoms with Crippen molar-refractivity contribution >= 4 is 16.9 Å². The molecule has 1 saturated heterocycles. The standard InChI is InChI=1S/C10H20N2S/c1-3-4-5-7-11-10-12-9(2)6-8-13-10/h9H,3-8H2,1-2H3,(H,11,12). The molecule has 1 fully saturated rings. The van der Waals surface area contributed by atoms with Crippen LogP contribution in [0.25, 0.3) is 0 Å². The molecule has 13 heavy (non-hydrogen) atoms. The summed E-state index contributed by atoms with van der Waals surface area (Å²) in [6, 6.07) is 0.617. The van der Waals surface area contributed by atoms with Crippen molar-refractivity contribution in [3.63, 3.8) is 0 Å². The summed E-state index contributed by atoms with van der Waals surface area (Å²) in [5.41, 5.74) is 0. The topological polar surface area (TPSA) is 24.4 Å². The number of amidine groups is 1. The molecular formula is C10H20N2S. The molecule has 1 rings (SSSR count). The molecule has 0 radical (unpaired) electrons. The van der Waals surface area contributed by atoms with Crippen LogP contribution in [0.5, 0.6) is 0 Å². The Hall–Kier alpha value is -0.180. The van der Waals surface area contributed by atoms with E-state index in [4.69, 9.17) is 0 Å². The fourth-order valence-corrected chi connectivity index (χ4v) is 2.42. The van der Waals surface area contributed by atoms with Crippen LogP contribution < -0.4 is 5.32 Å². The molecule has 1 unspecified atom stereocenters. The molecule has 1 aliphatic heterocycles. The lowest BCUT2D eigenvalue weighted by Gasteiger charge is -2.21. The number of hydrogen-bond acceptors (Lipinski definition) is 2. The van der Waals surface area contributed by atoms with Gasteiger partial charge in [-0.25, -0.2) is 0 Å². The highest BCUT2D eigenvalue weighted by atomic mass is 32.2. The van der Waals surface area contributed by atoms with Crippen molar-refractivity contribution in [2.75, 3.05) is 12.3 Å². The van der Waals surface area contributed by atoms with E-state index < -0.39 is 0 Å². The molecule has 2 nitrogen and oxygen atoms in total. The molecule has 0 amide bonds. The molecule has 1 N–H and O–H groups in total. The zero-order chi connectivity index (χ0) is 9.52. The lowest BCUT2D eigenvalue weighted by molar-refractivity contribution is 0.640. The average molecular weight is 200 g/mol. The summed E-state index contributed by atoms with van der Waals surface area (Å²) in [5.74, 6) is 1.22. The van der Waals surface area contributed by atoms with Gasteiger partial charge >= 0.3 is 0 Å². The first kappa shape index (κ1) is 10.9. The van der Waals surface area contributed by atoms with Gasteiger partial charge in [0.15, 0.2) is 5.17 Å². The van der Waals surface area contributed by atoms with Gasteiger partial charge in [-0.3, -0.25) is 4.99 Å². The Morgan fingerprint density at radius 1 is 1.54 bits per heavy atom. The van der Waals surface area contributed by atoms with E-state index in [1.54, 1.807) is 0 Å². The predicted molar refractivity (Wildman–Crippen MR) is 61.5 cm³/mol. The normalized spacial score (nSPS) is 26.0. The summed E-state index contributed by atoms with van der Waals surface area (Å²) >= 11 is 1.86. The minimum atomic E-state index is 0.617. The van der Waals surface area contributed by atoms with Crippen LogP contribution in [0.1, 0.15) is 39.5 Å². The molecule has 0 aromatic carbocycles. The van der Waals surface area contributed by atoms with Crippen LogP contribution in [0.15, 0.2) is 4.99 Å². The van der Waals surface area contributed by atoms with Gasteiger partial charge in [-0.15, -0.1) is 0 Å². The number of rotatable bonds is 4. The summed E-state index contributed by atoms with van der Waals surface area (Å²) in [5, 5.41) is 4.57. The summed E-state index contributed by atoms with van der Waals surface area (Å²) in [4.78, 5) is 4.54. The van der Waals surface area contributed by atoms with Gasteiger partial charge in [0.05, 0.1) is 0 Å². The monoisotopic (exact) mass is 200 g/mol. The molecule has 0 aliphatic carbocycles. The van der Waals surface area contributed by atoms with Gasteiger partial charge in [-0.2, -0.15) is 0 Å². The second kappa shape index (κ2) is 6.30. The SMILES string of the molecule is CCCCCN=C1NC(C)CCS1. The molecule has 0 spiro atoms. The largest absolute Gasteiger partial charge is 0.362 e. The van der Waals surface area contributed by atoms with E-state index >= 15 is 0 Å². The molecule has 0 aromatic heterocycles. The van der Waals surface area contributed by atoms with Gasteiger partial charge < -0.3 is 5.32 Å². The van der Waals surface area contributed by atoms with Crippen molar-refractivity contribution in [3.8, 4) is 0 Å². The second-order valence-electron chi connectivity index (χ2n) is 3.58. The van der Waals surface area contributed by atoms with Crippen molar-refractivity contribution in [2.45, 2.75) is 45.6 Å². The van der Waals surface area contributed by atoms with Crippen molar-refractivity contribution in [1.82, 2.24) is 5.32 Å². The third-order valence-corrected chi connectivity index (χ3v) is 3.14. The van der Waals surface area contributed by atoms with E-state index in [9.17, 15) is 0 Å². The molecule has 0 bridgehead atoms. The van der Waals surface area contributed by atoms with Gasteiger partial charge in [0.2, 0.25) is 0 Å². The first-order valence-corrected chi connectivity index (χ1v) is 6.25. The summed E-state index contributed by atoms with van der Waals surface area (Å²) in [6.07, 6.45) is 5.08. The highest BCUT2D eigenvalue weighted by Crippen LogP contribution is 2.13. The third kappa shape index (κ3) is 4.55. The van der Waals surface area contributed by atoms with Crippen LogP contribution in [-0.4, -0.2) is 23.5 Å². The van der Waals surface area contributed by atoms with E-state index in [0.717, 1.165) is 11.7 Å². The quantitative estimate of drug-likeness (QED) is 0.706. The highest BCUT2D eigenvalue weighted by molar-refractivity contribution is 8.13.